The molecule has 0 spiro atoms. The van der Waals surface area contributed by atoms with Gasteiger partial charge in [-0.1, -0.05) is 32.0 Å². The number of para-hydroxylation sites is 1. The molecule has 0 aliphatic carbocycles. The minimum absolute atomic E-state index is 0.105. The number of hydrogen-bond donors (Lipinski definition) is 2. The number of fused-ring (bicyclic) bond motifs is 1. The molecule has 1 aromatic carbocycles. The van der Waals surface area contributed by atoms with Gasteiger partial charge >= 0.3 is 6.09 Å². The van der Waals surface area contributed by atoms with E-state index >= 15 is 0 Å². The van der Waals surface area contributed by atoms with E-state index in [0.29, 0.717) is 19.4 Å². The summed E-state index contributed by atoms with van der Waals surface area (Å²) in [6.45, 7) is 4.42. The molecule has 2 unspecified atom stereocenters. The first-order chi connectivity index (χ1) is 11.0. The first kappa shape index (κ1) is 17.1. The van der Waals surface area contributed by atoms with Gasteiger partial charge in [0.05, 0.1) is 13.2 Å². The summed E-state index contributed by atoms with van der Waals surface area (Å²) >= 11 is 0. The highest BCUT2D eigenvalue weighted by Gasteiger charge is 2.27. The standard InChI is InChI=1S/C17H24N2O4/c1-11(2)8-14(19-17(21)22-3)16(20)18-13-9-12-6-4-5-7-15(12)23-10-13/h4-7,11,13-14H,8-10H2,1-3H3,(H,18,20)(H,19,21). The van der Waals surface area contributed by atoms with Gasteiger partial charge in [0.2, 0.25) is 5.91 Å². The number of amides is 2. The Kier molecular flexibility index (Phi) is 5.84. The number of carbonyl (C=O) groups is 2. The van der Waals surface area contributed by atoms with E-state index in [4.69, 9.17) is 4.74 Å². The second-order valence-corrected chi connectivity index (χ2v) is 6.15. The Balaban J connectivity index is 1.97. The van der Waals surface area contributed by atoms with Crippen LogP contribution in [-0.2, 0) is 16.0 Å². The molecule has 0 bridgehead atoms. The van der Waals surface area contributed by atoms with E-state index in [0.717, 1.165) is 11.3 Å². The lowest BCUT2D eigenvalue weighted by atomic mass is 10.0. The maximum atomic E-state index is 12.5. The first-order valence-electron chi connectivity index (χ1n) is 7.85. The quantitative estimate of drug-likeness (QED) is 0.868. The summed E-state index contributed by atoms with van der Waals surface area (Å²) in [6.07, 6.45) is 0.663. The molecule has 2 atom stereocenters. The third-order valence-corrected chi connectivity index (χ3v) is 3.73. The zero-order valence-corrected chi connectivity index (χ0v) is 13.8. The molecule has 2 rings (SSSR count). The van der Waals surface area contributed by atoms with Crippen molar-refractivity contribution in [3.63, 3.8) is 0 Å². The fourth-order valence-electron chi connectivity index (χ4n) is 2.63. The third-order valence-electron chi connectivity index (χ3n) is 3.73. The number of hydrogen-bond acceptors (Lipinski definition) is 4. The summed E-state index contributed by atoms with van der Waals surface area (Å²) in [7, 11) is 1.28. The molecule has 0 fully saturated rings. The fraction of sp³-hybridized carbons (Fsp3) is 0.529. The van der Waals surface area contributed by atoms with Crippen LogP contribution in [0.5, 0.6) is 5.75 Å². The van der Waals surface area contributed by atoms with E-state index in [1.54, 1.807) is 0 Å². The number of alkyl carbamates (subject to hydrolysis) is 1. The molecule has 6 nitrogen and oxygen atoms in total. The Morgan fingerprint density at radius 2 is 2.09 bits per heavy atom. The largest absolute Gasteiger partial charge is 0.491 e. The van der Waals surface area contributed by atoms with Gasteiger partial charge in [0.1, 0.15) is 18.4 Å². The first-order valence-corrected chi connectivity index (χ1v) is 7.85. The van der Waals surface area contributed by atoms with Gasteiger partial charge < -0.3 is 20.1 Å². The van der Waals surface area contributed by atoms with Crippen molar-refractivity contribution in [2.75, 3.05) is 13.7 Å². The van der Waals surface area contributed by atoms with Gasteiger partial charge in [-0.25, -0.2) is 4.79 Å². The Morgan fingerprint density at radius 3 is 2.78 bits per heavy atom. The van der Waals surface area contributed by atoms with E-state index in [2.05, 4.69) is 15.4 Å². The number of rotatable bonds is 5. The lowest BCUT2D eigenvalue weighted by molar-refractivity contribution is -0.124. The van der Waals surface area contributed by atoms with Crippen LogP contribution in [0.4, 0.5) is 4.79 Å². The maximum absolute atomic E-state index is 12.5. The summed E-state index contributed by atoms with van der Waals surface area (Å²) in [5.74, 6) is 0.924. The highest BCUT2D eigenvalue weighted by Crippen LogP contribution is 2.23. The molecule has 2 N–H and O–H groups in total. The summed E-state index contributed by atoms with van der Waals surface area (Å²) in [5.41, 5.74) is 1.07. The highest BCUT2D eigenvalue weighted by atomic mass is 16.5. The Labute approximate surface area is 136 Å². The normalized spacial score (nSPS) is 17.7. The third kappa shape index (κ3) is 4.87. The maximum Gasteiger partial charge on any atom is 0.407 e. The molecule has 1 aliphatic rings. The van der Waals surface area contributed by atoms with Crippen molar-refractivity contribution in [3.8, 4) is 5.75 Å². The number of ether oxygens (including phenoxy) is 2. The molecule has 6 heteroatoms. The smallest absolute Gasteiger partial charge is 0.407 e. The van der Waals surface area contributed by atoms with E-state index in [1.165, 1.54) is 7.11 Å². The number of benzene rings is 1. The molecule has 126 valence electrons. The van der Waals surface area contributed by atoms with E-state index in [9.17, 15) is 9.59 Å². The Bertz CT molecular complexity index is 559. The van der Waals surface area contributed by atoms with Gasteiger partial charge in [0, 0.05) is 0 Å². The van der Waals surface area contributed by atoms with Crippen molar-refractivity contribution in [1.29, 1.82) is 0 Å². The van der Waals surface area contributed by atoms with Crippen LogP contribution >= 0.6 is 0 Å². The summed E-state index contributed by atoms with van der Waals surface area (Å²) in [6, 6.07) is 7.08. The minimum Gasteiger partial charge on any atom is -0.491 e. The molecular weight excluding hydrogens is 296 g/mol. The van der Waals surface area contributed by atoms with Crippen LogP contribution in [0.3, 0.4) is 0 Å². The van der Waals surface area contributed by atoms with Crippen molar-refractivity contribution in [2.45, 2.75) is 38.8 Å². The van der Waals surface area contributed by atoms with E-state index < -0.39 is 12.1 Å². The molecule has 1 heterocycles. The van der Waals surface area contributed by atoms with Crippen molar-refractivity contribution in [2.24, 2.45) is 5.92 Å². The highest BCUT2D eigenvalue weighted by molar-refractivity contribution is 5.85. The van der Waals surface area contributed by atoms with Gasteiger partial charge in [-0.2, -0.15) is 0 Å². The molecule has 0 radical (unpaired) electrons. The predicted octanol–water partition coefficient (Wildman–Crippen LogP) is 1.88. The topological polar surface area (TPSA) is 76.7 Å². The average Bonchev–Trinajstić information content (AvgIpc) is 2.53. The van der Waals surface area contributed by atoms with E-state index in [-0.39, 0.29) is 17.9 Å². The molecular formula is C17H24N2O4. The van der Waals surface area contributed by atoms with Crippen LogP contribution in [-0.4, -0.2) is 37.8 Å². The second-order valence-electron chi connectivity index (χ2n) is 6.15. The SMILES string of the molecule is COC(=O)NC(CC(C)C)C(=O)NC1COc2ccccc2C1. The number of nitrogens with one attached hydrogen (secondary N) is 2. The van der Waals surface area contributed by atoms with Gasteiger partial charge in [-0.05, 0) is 30.4 Å². The minimum atomic E-state index is -0.611. The van der Waals surface area contributed by atoms with Crippen molar-refractivity contribution in [3.05, 3.63) is 29.8 Å². The molecule has 23 heavy (non-hydrogen) atoms. The number of methoxy groups -OCH3 is 1. The van der Waals surface area contributed by atoms with Gasteiger partial charge in [-0.3, -0.25) is 4.79 Å². The monoisotopic (exact) mass is 320 g/mol. The van der Waals surface area contributed by atoms with Crippen molar-refractivity contribution >= 4 is 12.0 Å². The van der Waals surface area contributed by atoms with Crippen LogP contribution < -0.4 is 15.4 Å². The molecule has 1 aliphatic heterocycles. The summed E-state index contributed by atoms with van der Waals surface area (Å²) < 4.78 is 10.3. The van der Waals surface area contributed by atoms with Crippen LogP contribution in [0.25, 0.3) is 0 Å². The molecule has 0 saturated heterocycles. The van der Waals surface area contributed by atoms with Crippen LogP contribution in [0.2, 0.25) is 0 Å². The molecule has 0 saturated carbocycles. The molecule has 1 aromatic rings. The van der Waals surface area contributed by atoms with Gasteiger partial charge in [0.25, 0.3) is 0 Å². The second kappa shape index (κ2) is 7.85. The van der Waals surface area contributed by atoms with E-state index in [1.807, 2.05) is 38.1 Å². The van der Waals surface area contributed by atoms with Crippen LogP contribution in [0.15, 0.2) is 24.3 Å². The lowest BCUT2D eigenvalue weighted by Gasteiger charge is -2.28. The van der Waals surface area contributed by atoms with Gasteiger partial charge in [-0.15, -0.1) is 0 Å². The summed E-state index contributed by atoms with van der Waals surface area (Å²) in [4.78, 5) is 23.9. The lowest BCUT2D eigenvalue weighted by Crippen LogP contribution is -2.52. The Morgan fingerprint density at radius 1 is 1.35 bits per heavy atom. The molecule has 2 amide bonds. The van der Waals surface area contributed by atoms with Gasteiger partial charge in [0.15, 0.2) is 0 Å². The van der Waals surface area contributed by atoms with Crippen molar-refractivity contribution in [1.82, 2.24) is 10.6 Å². The average molecular weight is 320 g/mol. The fourth-order valence-corrected chi connectivity index (χ4v) is 2.63. The number of carbonyl (C=O) groups excluding carboxylic acids is 2. The van der Waals surface area contributed by atoms with Crippen LogP contribution in [0, 0.1) is 5.92 Å². The predicted molar refractivity (Wildman–Crippen MR) is 86.4 cm³/mol. The summed E-state index contributed by atoms with van der Waals surface area (Å²) in [5, 5.41) is 5.55. The van der Waals surface area contributed by atoms with Crippen LogP contribution in [0.1, 0.15) is 25.8 Å². The Hall–Kier alpha value is -2.24. The zero-order chi connectivity index (χ0) is 16.8. The zero-order valence-electron chi connectivity index (χ0n) is 13.8. The molecule has 0 aromatic heterocycles. The van der Waals surface area contributed by atoms with Crippen molar-refractivity contribution < 1.29 is 19.1 Å².